The van der Waals surface area contributed by atoms with Crippen LogP contribution in [0, 0.1) is 0 Å². The molecule has 0 saturated carbocycles. The van der Waals surface area contributed by atoms with Gasteiger partial charge in [-0.25, -0.2) is 17.9 Å². The minimum atomic E-state index is -3.97. The maximum absolute atomic E-state index is 12.4. The Balaban J connectivity index is 1.93. The lowest BCUT2D eigenvalue weighted by atomic mass is 10.2. The molecule has 0 aliphatic heterocycles. The van der Waals surface area contributed by atoms with Gasteiger partial charge in [0, 0.05) is 33.4 Å². The van der Waals surface area contributed by atoms with E-state index in [1.165, 1.54) is 19.7 Å². The molecule has 0 bridgehead atoms. The third-order valence-corrected chi connectivity index (χ3v) is 5.45. The first kappa shape index (κ1) is 20.1. The average molecular weight is 380 g/mol. The zero-order valence-corrected chi connectivity index (χ0v) is 16.0. The Morgan fingerprint density at radius 3 is 2.42 bits per heavy atom. The Morgan fingerprint density at radius 1 is 1.12 bits per heavy atom. The van der Waals surface area contributed by atoms with Gasteiger partial charge in [0.15, 0.2) is 4.90 Å². The molecule has 0 aliphatic carbocycles. The first-order valence-electron chi connectivity index (χ1n) is 8.21. The summed E-state index contributed by atoms with van der Waals surface area (Å²) in [7, 11) is 0.646. The SMILES string of the molecule is CN(CCCNS(=O)(=O)c1cn(C)c(=O)n(C)c1=O)Cc1ccccc1. The molecule has 2 aromatic rings. The van der Waals surface area contributed by atoms with E-state index in [1.807, 2.05) is 37.4 Å². The number of nitrogens with zero attached hydrogens (tertiary/aromatic N) is 3. The molecule has 8 nitrogen and oxygen atoms in total. The molecule has 0 fully saturated rings. The van der Waals surface area contributed by atoms with Crippen LogP contribution in [-0.2, 0) is 30.7 Å². The molecule has 0 atom stereocenters. The molecule has 1 aromatic heterocycles. The quantitative estimate of drug-likeness (QED) is 0.645. The second-order valence-electron chi connectivity index (χ2n) is 6.23. The van der Waals surface area contributed by atoms with Crippen molar-refractivity contribution in [2.75, 3.05) is 20.1 Å². The molecule has 0 saturated heterocycles. The highest BCUT2D eigenvalue weighted by Crippen LogP contribution is 2.03. The first-order valence-corrected chi connectivity index (χ1v) is 9.69. The zero-order chi connectivity index (χ0) is 19.3. The van der Waals surface area contributed by atoms with Crippen LogP contribution in [0.15, 0.2) is 51.0 Å². The van der Waals surface area contributed by atoms with Crippen LogP contribution in [0.4, 0.5) is 0 Å². The van der Waals surface area contributed by atoms with Gasteiger partial charge >= 0.3 is 5.69 Å². The van der Waals surface area contributed by atoms with Gasteiger partial charge in [-0.05, 0) is 25.6 Å². The van der Waals surface area contributed by atoms with E-state index in [0.717, 1.165) is 21.9 Å². The van der Waals surface area contributed by atoms with Gasteiger partial charge in [-0.2, -0.15) is 0 Å². The number of aromatic nitrogens is 2. The maximum atomic E-state index is 12.4. The number of sulfonamides is 1. The van der Waals surface area contributed by atoms with Crippen LogP contribution >= 0.6 is 0 Å². The number of aryl methyl sites for hydroxylation is 1. The molecule has 142 valence electrons. The summed E-state index contributed by atoms with van der Waals surface area (Å²) in [5.41, 5.74) is -0.220. The summed E-state index contributed by atoms with van der Waals surface area (Å²) in [6.07, 6.45) is 1.64. The van der Waals surface area contributed by atoms with E-state index in [0.29, 0.717) is 13.0 Å². The number of hydrogen-bond donors (Lipinski definition) is 1. The van der Waals surface area contributed by atoms with Gasteiger partial charge < -0.3 is 9.47 Å². The number of rotatable bonds is 8. The van der Waals surface area contributed by atoms with Crippen LogP contribution in [0.1, 0.15) is 12.0 Å². The second-order valence-corrected chi connectivity index (χ2v) is 7.96. The summed E-state index contributed by atoms with van der Waals surface area (Å²) in [5, 5.41) is 0. The molecular weight excluding hydrogens is 356 g/mol. The molecule has 1 aromatic carbocycles. The second kappa shape index (κ2) is 8.43. The minimum absolute atomic E-state index is 0.202. The van der Waals surface area contributed by atoms with E-state index in [4.69, 9.17) is 0 Å². The predicted octanol–water partition coefficient (Wildman–Crippen LogP) is -0.116. The fraction of sp³-hybridized carbons (Fsp3) is 0.412. The van der Waals surface area contributed by atoms with Gasteiger partial charge in [-0.1, -0.05) is 30.3 Å². The highest BCUT2D eigenvalue weighted by atomic mass is 32.2. The number of hydrogen-bond acceptors (Lipinski definition) is 5. The van der Waals surface area contributed by atoms with Gasteiger partial charge in [0.2, 0.25) is 10.0 Å². The van der Waals surface area contributed by atoms with Crippen molar-refractivity contribution in [3.8, 4) is 0 Å². The summed E-state index contributed by atoms with van der Waals surface area (Å²) in [6, 6.07) is 9.99. The average Bonchev–Trinajstić information content (AvgIpc) is 2.61. The summed E-state index contributed by atoms with van der Waals surface area (Å²) >= 11 is 0. The van der Waals surface area contributed by atoms with Crippen molar-refractivity contribution in [2.45, 2.75) is 17.9 Å². The van der Waals surface area contributed by atoms with Gasteiger partial charge in [0.25, 0.3) is 5.56 Å². The standard InChI is InChI=1S/C17H24N4O4S/c1-19(12-14-8-5-4-6-9-14)11-7-10-18-26(24,25)15-13-20(2)17(23)21(3)16(15)22/h4-6,8-9,13,18H,7,10-12H2,1-3H3. The monoisotopic (exact) mass is 380 g/mol. The minimum Gasteiger partial charge on any atom is -0.302 e. The molecule has 26 heavy (non-hydrogen) atoms. The third-order valence-electron chi connectivity index (χ3n) is 4.01. The molecule has 0 aliphatic rings. The van der Waals surface area contributed by atoms with Crippen molar-refractivity contribution in [1.82, 2.24) is 18.8 Å². The molecule has 1 N–H and O–H groups in total. The van der Waals surface area contributed by atoms with Crippen molar-refractivity contribution in [3.63, 3.8) is 0 Å². The van der Waals surface area contributed by atoms with E-state index in [9.17, 15) is 18.0 Å². The van der Waals surface area contributed by atoms with Crippen LogP contribution in [0.2, 0.25) is 0 Å². The molecule has 0 unspecified atom stereocenters. The lowest BCUT2D eigenvalue weighted by Gasteiger charge is -2.16. The molecule has 2 rings (SSSR count). The van der Waals surface area contributed by atoms with Crippen LogP contribution in [-0.4, -0.2) is 42.6 Å². The Bertz CT molecular complexity index is 964. The summed E-state index contributed by atoms with van der Waals surface area (Å²) < 4.78 is 29.0. The van der Waals surface area contributed by atoms with E-state index < -0.39 is 26.2 Å². The van der Waals surface area contributed by atoms with Gasteiger partial charge in [-0.15, -0.1) is 0 Å². The lowest BCUT2D eigenvalue weighted by Crippen LogP contribution is -2.41. The molecule has 0 radical (unpaired) electrons. The highest BCUT2D eigenvalue weighted by molar-refractivity contribution is 7.89. The molecule has 0 spiro atoms. The van der Waals surface area contributed by atoms with Crippen LogP contribution < -0.4 is 16.0 Å². The fourth-order valence-corrected chi connectivity index (χ4v) is 3.80. The molecule has 0 amide bonds. The summed E-state index contributed by atoms with van der Waals surface area (Å²) in [6.45, 7) is 1.67. The number of nitrogens with one attached hydrogen (secondary N) is 1. The lowest BCUT2D eigenvalue weighted by molar-refractivity contribution is 0.322. The Hall–Kier alpha value is -2.23. The van der Waals surface area contributed by atoms with E-state index >= 15 is 0 Å². The highest BCUT2D eigenvalue weighted by Gasteiger charge is 2.20. The van der Waals surface area contributed by atoms with Crippen LogP contribution in [0.5, 0.6) is 0 Å². The molecule has 9 heteroatoms. The van der Waals surface area contributed by atoms with Gasteiger partial charge in [0.1, 0.15) is 0 Å². The van der Waals surface area contributed by atoms with E-state index in [-0.39, 0.29) is 6.54 Å². The van der Waals surface area contributed by atoms with Crippen LogP contribution in [0.3, 0.4) is 0 Å². The zero-order valence-electron chi connectivity index (χ0n) is 15.2. The van der Waals surface area contributed by atoms with Crippen molar-refractivity contribution in [2.24, 2.45) is 14.1 Å². The van der Waals surface area contributed by atoms with Crippen molar-refractivity contribution in [1.29, 1.82) is 0 Å². The van der Waals surface area contributed by atoms with Crippen molar-refractivity contribution >= 4 is 10.0 Å². The fourth-order valence-electron chi connectivity index (χ4n) is 2.57. The first-order chi connectivity index (χ1) is 12.2. The normalized spacial score (nSPS) is 11.8. The smallest absolute Gasteiger partial charge is 0.302 e. The molecular formula is C17H24N4O4S. The van der Waals surface area contributed by atoms with Crippen molar-refractivity contribution in [3.05, 3.63) is 62.9 Å². The third kappa shape index (κ3) is 4.90. The van der Waals surface area contributed by atoms with Gasteiger partial charge in [0.05, 0.1) is 0 Å². The summed E-state index contributed by atoms with van der Waals surface area (Å²) in [4.78, 5) is 25.4. The Labute approximate surface area is 152 Å². The van der Waals surface area contributed by atoms with Gasteiger partial charge in [-0.3, -0.25) is 9.36 Å². The summed E-state index contributed by atoms with van der Waals surface area (Å²) in [5.74, 6) is 0. The van der Waals surface area contributed by atoms with E-state index in [2.05, 4.69) is 9.62 Å². The molecule has 1 heterocycles. The predicted molar refractivity (Wildman–Crippen MR) is 99.5 cm³/mol. The largest absolute Gasteiger partial charge is 0.330 e. The van der Waals surface area contributed by atoms with Crippen LogP contribution in [0.25, 0.3) is 0 Å². The topological polar surface area (TPSA) is 93.4 Å². The number of benzene rings is 1. The maximum Gasteiger partial charge on any atom is 0.330 e. The Kier molecular flexibility index (Phi) is 6.52. The van der Waals surface area contributed by atoms with Crippen molar-refractivity contribution < 1.29 is 8.42 Å². The Morgan fingerprint density at radius 2 is 1.77 bits per heavy atom. The van der Waals surface area contributed by atoms with E-state index in [1.54, 1.807) is 0 Å².